The summed E-state index contributed by atoms with van der Waals surface area (Å²) < 4.78 is 8.82. The number of aryl methyl sites for hydroxylation is 1. The van der Waals surface area contributed by atoms with Crippen molar-refractivity contribution in [3.05, 3.63) is 90.7 Å². The van der Waals surface area contributed by atoms with Crippen molar-refractivity contribution in [1.82, 2.24) is 4.98 Å². The minimum absolute atomic E-state index is 0.0878. The Morgan fingerprint density at radius 1 is 0.780 bits per heavy atom. The molecule has 0 saturated heterocycles. The highest BCUT2D eigenvalue weighted by molar-refractivity contribution is 9.10. The quantitative estimate of drug-likeness (QED) is 0.190. The van der Waals surface area contributed by atoms with Gasteiger partial charge in [0.1, 0.15) is 17.5 Å². The van der Waals surface area contributed by atoms with E-state index in [1.165, 1.54) is 27.8 Å². The van der Waals surface area contributed by atoms with Crippen LogP contribution in [0.1, 0.15) is 100 Å². The number of hydrogen-bond donors (Lipinski definition) is 0. The van der Waals surface area contributed by atoms with E-state index in [2.05, 4.69) is 136 Å². The number of nitrogens with zero attached hydrogens (tertiary/aromatic N) is 2. The lowest BCUT2D eigenvalue weighted by Crippen LogP contribution is -2.11. The smallest absolute Gasteiger partial charge is 0.138 e. The lowest BCUT2D eigenvalue weighted by Gasteiger charge is -2.18. The van der Waals surface area contributed by atoms with Crippen LogP contribution in [0.2, 0.25) is 0 Å². The number of halogens is 2. The zero-order valence-electron chi connectivity index (χ0n) is 25.0. The third kappa shape index (κ3) is 4.60. The molecule has 6 rings (SSSR count). The number of fused-ring (bicyclic) bond motifs is 3. The van der Waals surface area contributed by atoms with Crippen LogP contribution in [0.15, 0.2) is 62.5 Å². The highest BCUT2D eigenvalue weighted by Crippen LogP contribution is 2.50. The second-order valence-electron chi connectivity index (χ2n) is 12.3. The van der Waals surface area contributed by atoms with E-state index in [9.17, 15) is 0 Å². The third-order valence-electron chi connectivity index (χ3n) is 8.44. The first-order valence-corrected chi connectivity index (χ1v) is 16.1. The molecule has 1 aliphatic carbocycles. The average molecular weight is 673 g/mol. The van der Waals surface area contributed by atoms with Crippen molar-refractivity contribution in [2.24, 2.45) is 4.99 Å². The summed E-state index contributed by atoms with van der Waals surface area (Å²) >= 11 is 7.57. The van der Waals surface area contributed by atoms with E-state index >= 15 is 0 Å². The molecular formula is C36H36Br2N2O. The molecule has 0 saturated carbocycles. The Bertz CT molecular complexity index is 1880. The SMILES string of the molecule is Cc1c2c3c(c4ccccc4/c(=N\c4c(C(C)C)cc(Br)cc4C(C)C)c-3nc3c(C(C)C)cc(Br)cc13)OC2C. The van der Waals surface area contributed by atoms with Gasteiger partial charge in [-0.1, -0.05) is 97.7 Å². The van der Waals surface area contributed by atoms with Crippen molar-refractivity contribution >= 4 is 59.2 Å². The fraction of sp³-hybridized carbons (Fsp3) is 0.333. The summed E-state index contributed by atoms with van der Waals surface area (Å²) in [5, 5.41) is 4.22. The van der Waals surface area contributed by atoms with Crippen LogP contribution in [0.5, 0.6) is 5.75 Å². The summed E-state index contributed by atoms with van der Waals surface area (Å²) in [7, 11) is 0. The Kier molecular flexibility index (Phi) is 7.27. The summed E-state index contributed by atoms with van der Waals surface area (Å²) in [4.78, 5) is 11.2. The van der Waals surface area contributed by atoms with Crippen LogP contribution in [0, 0.1) is 6.92 Å². The largest absolute Gasteiger partial charge is 0.485 e. The molecular weight excluding hydrogens is 636 g/mol. The molecule has 3 aromatic carbocycles. The molecule has 0 N–H and O–H groups in total. The Morgan fingerprint density at radius 2 is 1.34 bits per heavy atom. The third-order valence-corrected chi connectivity index (χ3v) is 9.36. The summed E-state index contributed by atoms with van der Waals surface area (Å²) in [6.45, 7) is 17.8. The zero-order chi connectivity index (χ0) is 29.3. The molecule has 41 heavy (non-hydrogen) atoms. The molecule has 0 aromatic heterocycles. The number of aromatic nitrogens is 1. The Morgan fingerprint density at radius 3 is 1.95 bits per heavy atom. The fourth-order valence-electron chi connectivity index (χ4n) is 6.39. The predicted molar refractivity (Wildman–Crippen MR) is 179 cm³/mol. The minimum Gasteiger partial charge on any atom is -0.485 e. The summed E-state index contributed by atoms with van der Waals surface area (Å²) in [5.41, 5.74) is 10.2. The molecule has 3 nitrogen and oxygen atoms in total. The highest BCUT2D eigenvalue weighted by Gasteiger charge is 2.33. The molecule has 0 amide bonds. The van der Waals surface area contributed by atoms with Gasteiger partial charge in [0.15, 0.2) is 0 Å². The van der Waals surface area contributed by atoms with Crippen LogP contribution in [0.4, 0.5) is 5.69 Å². The Labute approximate surface area is 259 Å². The summed E-state index contributed by atoms with van der Waals surface area (Å²) in [6, 6.07) is 17.4. The Hall–Kier alpha value is -2.76. The van der Waals surface area contributed by atoms with Crippen molar-refractivity contribution in [2.75, 3.05) is 0 Å². The van der Waals surface area contributed by atoms with Gasteiger partial charge < -0.3 is 4.74 Å². The lowest BCUT2D eigenvalue weighted by molar-refractivity contribution is 0.248. The van der Waals surface area contributed by atoms with Crippen molar-refractivity contribution < 1.29 is 4.74 Å². The molecule has 210 valence electrons. The van der Waals surface area contributed by atoms with Gasteiger partial charge in [-0.3, -0.25) is 0 Å². The standard InChI is InChI=1S/C36H36Br2N2O/c1-17(2)26-13-22(37)14-27(18(3)4)32(26)39-34-24-11-9-10-12-25(24)36-31-30(21(8)41-36)20(7)29-16-23(38)15-28(19(5)6)33(29)40-35(31)34/h9-19,21H,1-8H3/b39-34+. The van der Waals surface area contributed by atoms with E-state index in [0.717, 1.165) is 58.7 Å². The number of benzene rings is 4. The van der Waals surface area contributed by atoms with Gasteiger partial charge in [-0.15, -0.1) is 0 Å². The van der Waals surface area contributed by atoms with Gasteiger partial charge >= 0.3 is 0 Å². The van der Waals surface area contributed by atoms with E-state index < -0.39 is 0 Å². The molecule has 0 bridgehead atoms. The summed E-state index contributed by atoms with van der Waals surface area (Å²) in [5.74, 6) is 1.85. The van der Waals surface area contributed by atoms with Crippen molar-refractivity contribution in [2.45, 2.75) is 79.2 Å². The van der Waals surface area contributed by atoms with Gasteiger partial charge in [-0.05, 0) is 78.1 Å². The molecule has 3 aromatic rings. The van der Waals surface area contributed by atoms with Gasteiger partial charge in [0.05, 0.1) is 22.1 Å². The maximum atomic E-state index is 6.66. The number of ether oxygens (including phenoxy) is 1. The minimum atomic E-state index is -0.0878. The molecule has 0 fully saturated rings. The second kappa shape index (κ2) is 10.5. The van der Waals surface area contributed by atoms with Crippen LogP contribution < -0.4 is 10.1 Å². The van der Waals surface area contributed by atoms with Gasteiger partial charge in [-0.25, -0.2) is 9.98 Å². The van der Waals surface area contributed by atoms with Crippen LogP contribution in [-0.4, -0.2) is 4.98 Å². The van der Waals surface area contributed by atoms with Gasteiger partial charge in [0.2, 0.25) is 0 Å². The van der Waals surface area contributed by atoms with Crippen molar-refractivity contribution in [1.29, 1.82) is 0 Å². The molecule has 0 radical (unpaired) electrons. The second-order valence-corrected chi connectivity index (χ2v) is 14.1. The molecule has 3 aliphatic rings. The molecule has 0 spiro atoms. The van der Waals surface area contributed by atoms with Gasteiger partial charge in [0, 0.05) is 30.7 Å². The van der Waals surface area contributed by atoms with E-state index in [1.807, 2.05) is 0 Å². The maximum Gasteiger partial charge on any atom is 0.138 e. The molecule has 5 heteroatoms. The molecule has 1 atom stereocenters. The molecule has 2 aliphatic heterocycles. The highest BCUT2D eigenvalue weighted by atomic mass is 79.9. The van der Waals surface area contributed by atoms with Gasteiger partial charge in [-0.2, -0.15) is 0 Å². The number of rotatable bonds is 4. The normalized spacial score (nSPS) is 15.3. The van der Waals surface area contributed by atoms with E-state index in [-0.39, 0.29) is 6.10 Å². The van der Waals surface area contributed by atoms with Crippen LogP contribution in [0.3, 0.4) is 0 Å². The first-order chi connectivity index (χ1) is 19.5. The van der Waals surface area contributed by atoms with E-state index in [0.29, 0.717) is 17.8 Å². The Balaban J connectivity index is 1.92. The van der Waals surface area contributed by atoms with E-state index in [1.54, 1.807) is 0 Å². The van der Waals surface area contributed by atoms with Crippen LogP contribution in [-0.2, 0) is 0 Å². The first kappa shape index (κ1) is 28.4. The van der Waals surface area contributed by atoms with Crippen molar-refractivity contribution in [3.63, 3.8) is 0 Å². The van der Waals surface area contributed by atoms with Crippen LogP contribution in [0.25, 0.3) is 32.9 Å². The van der Waals surface area contributed by atoms with Crippen LogP contribution >= 0.6 is 31.9 Å². The summed E-state index contributed by atoms with van der Waals surface area (Å²) in [6.07, 6.45) is -0.0878. The van der Waals surface area contributed by atoms with E-state index in [4.69, 9.17) is 14.7 Å². The monoisotopic (exact) mass is 670 g/mol. The first-order valence-electron chi connectivity index (χ1n) is 14.5. The number of hydrogen-bond acceptors (Lipinski definition) is 3. The fourth-order valence-corrected chi connectivity index (χ4v) is 7.36. The van der Waals surface area contributed by atoms with Gasteiger partial charge in [0.25, 0.3) is 0 Å². The zero-order valence-corrected chi connectivity index (χ0v) is 28.2. The van der Waals surface area contributed by atoms with Crippen molar-refractivity contribution in [3.8, 4) is 17.0 Å². The predicted octanol–water partition coefficient (Wildman–Crippen LogP) is 11.4. The lowest BCUT2D eigenvalue weighted by atomic mass is 9.92. The molecule has 1 unspecified atom stereocenters. The maximum absolute atomic E-state index is 6.66. The average Bonchev–Trinajstić information content (AvgIpc) is 3.20. The topological polar surface area (TPSA) is 34.5 Å². The molecule has 2 heterocycles.